The average molecular weight is 216 g/mol. The van der Waals surface area contributed by atoms with Crippen molar-refractivity contribution in [2.75, 3.05) is 0 Å². The molecule has 2 nitrogen and oxygen atoms in total. The fourth-order valence-electron chi connectivity index (χ4n) is 1.51. The molecule has 0 heterocycles. The van der Waals surface area contributed by atoms with Crippen LogP contribution in [0.3, 0.4) is 0 Å². The highest BCUT2D eigenvalue weighted by Crippen LogP contribution is 2.09. The molecule has 14 heavy (non-hydrogen) atoms. The molecule has 0 unspecified atom stereocenters. The number of unbranched alkanes of at least 4 members (excludes halogenated alkanes) is 7. The average Bonchev–Trinajstić information content (AvgIpc) is 2.21. The Labute approximate surface area is 91.0 Å². The summed E-state index contributed by atoms with van der Waals surface area (Å²) in [5.41, 5.74) is 0. The Morgan fingerprint density at radius 1 is 1.00 bits per heavy atom. The molecule has 0 aliphatic heterocycles. The van der Waals surface area contributed by atoms with Gasteiger partial charge in [0.15, 0.2) is 0 Å². The molecule has 0 aromatic heterocycles. The lowest BCUT2D eigenvalue weighted by molar-refractivity contribution is -0.134. The van der Waals surface area contributed by atoms with Gasteiger partial charge in [-0.25, -0.2) is 0 Å². The fraction of sp³-hybridized carbons (Fsp3) is 0.909. The van der Waals surface area contributed by atoms with Crippen LogP contribution in [0.25, 0.3) is 0 Å². The van der Waals surface area contributed by atoms with Gasteiger partial charge in [-0.15, -0.1) is 0 Å². The standard InChI is InChI=1S/C11H24O2Si/c1-2-3-4-5-6-7-8-9-10-11(12)13-14/h2-10H2,1,14H3. The van der Waals surface area contributed by atoms with E-state index in [1.165, 1.54) is 44.9 Å². The number of rotatable bonds is 9. The van der Waals surface area contributed by atoms with E-state index in [1.54, 1.807) is 0 Å². The summed E-state index contributed by atoms with van der Waals surface area (Å²) in [6.07, 6.45) is 10.8. The highest BCUT2D eigenvalue weighted by Gasteiger charge is 1.98. The molecule has 3 heteroatoms. The number of hydrogen-bond acceptors (Lipinski definition) is 2. The minimum Gasteiger partial charge on any atom is -0.529 e. The molecule has 0 aliphatic rings. The molecule has 0 amide bonds. The first kappa shape index (κ1) is 13.7. The van der Waals surface area contributed by atoms with E-state index in [1.807, 2.05) is 0 Å². The molecule has 0 aliphatic carbocycles. The van der Waals surface area contributed by atoms with E-state index in [0.29, 0.717) is 16.9 Å². The third-order valence-corrected chi connectivity index (χ3v) is 2.92. The predicted molar refractivity (Wildman–Crippen MR) is 63.3 cm³/mol. The molecule has 84 valence electrons. The molecule has 0 fully saturated rings. The van der Waals surface area contributed by atoms with Crippen LogP contribution in [0.4, 0.5) is 0 Å². The molecule has 0 spiro atoms. The molecular weight excluding hydrogens is 192 g/mol. The maximum absolute atomic E-state index is 10.8. The van der Waals surface area contributed by atoms with Gasteiger partial charge in [-0.2, -0.15) is 0 Å². The van der Waals surface area contributed by atoms with Crippen LogP contribution in [0.2, 0.25) is 0 Å². The van der Waals surface area contributed by atoms with Crippen molar-refractivity contribution in [1.82, 2.24) is 0 Å². The molecule has 0 aromatic rings. The van der Waals surface area contributed by atoms with E-state index < -0.39 is 0 Å². The maximum atomic E-state index is 10.8. The Hall–Kier alpha value is -0.313. The van der Waals surface area contributed by atoms with Crippen LogP contribution in [0.5, 0.6) is 0 Å². The van der Waals surface area contributed by atoms with Gasteiger partial charge in [-0.1, -0.05) is 51.9 Å². The van der Waals surface area contributed by atoms with Crippen LogP contribution in [-0.2, 0) is 9.22 Å². The molecular formula is C11H24O2Si. The quantitative estimate of drug-likeness (QED) is 0.437. The molecule has 0 saturated heterocycles. The minimum atomic E-state index is -0.0114. The number of carbonyl (C=O) groups excluding carboxylic acids is 1. The van der Waals surface area contributed by atoms with Crippen LogP contribution in [0.15, 0.2) is 0 Å². The molecule has 0 rings (SSSR count). The van der Waals surface area contributed by atoms with Crippen molar-refractivity contribution in [3.8, 4) is 0 Å². The summed E-state index contributed by atoms with van der Waals surface area (Å²) in [5.74, 6) is -0.0114. The second-order valence-electron chi connectivity index (χ2n) is 3.80. The summed E-state index contributed by atoms with van der Waals surface area (Å²) in [4.78, 5) is 10.8. The van der Waals surface area contributed by atoms with E-state index in [2.05, 4.69) is 6.92 Å². The predicted octanol–water partition coefficient (Wildman–Crippen LogP) is 2.34. The zero-order valence-electron chi connectivity index (χ0n) is 9.68. The number of hydrogen-bond donors (Lipinski definition) is 0. The molecule has 0 aromatic carbocycles. The summed E-state index contributed by atoms with van der Waals surface area (Å²) in [5, 5.41) is 0. The largest absolute Gasteiger partial charge is 0.529 e. The van der Waals surface area contributed by atoms with Crippen LogP contribution in [-0.4, -0.2) is 16.5 Å². The lowest BCUT2D eigenvalue weighted by Gasteiger charge is -2.01. The highest BCUT2D eigenvalue weighted by atomic mass is 28.2. The van der Waals surface area contributed by atoms with Gasteiger partial charge in [-0.05, 0) is 6.42 Å². The lowest BCUT2D eigenvalue weighted by atomic mass is 10.1. The van der Waals surface area contributed by atoms with Gasteiger partial charge < -0.3 is 4.43 Å². The monoisotopic (exact) mass is 216 g/mol. The van der Waals surface area contributed by atoms with Gasteiger partial charge >= 0.3 is 0 Å². The second-order valence-corrected chi connectivity index (χ2v) is 4.21. The molecule has 0 saturated carbocycles. The fourth-order valence-corrected chi connectivity index (χ4v) is 1.71. The lowest BCUT2D eigenvalue weighted by Crippen LogP contribution is -2.00. The van der Waals surface area contributed by atoms with Gasteiger partial charge in [0.25, 0.3) is 5.97 Å². The molecule has 0 bridgehead atoms. The Kier molecular flexibility index (Phi) is 10.5. The van der Waals surface area contributed by atoms with E-state index in [0.717, 1.165) is 6.42 Å². The van der Waals surface area contributed by atoms with E-state index in [9.17, 15) is 4.79 Å². The minimum absolute atomic E-state index is 0.0114. The van der Waals surface area contributed by atoms with Gasteiger partial charge in [0.05, 0.1) is 0 Å². The van der Waals surface area contributed by atoms with Crippen molar-refractivity contribution in [3.63, 3.8) is 0 Å². The summed E-state index contributed by atoms with van der Waals surface area (Å²) in [6, 6.07) is 0. The smallest absolute Gasteiger partial charge is 0.291 e. The number of carbonyl (C=O) groups is 1. The van der Waals surface area contributed by atoms with Gasteiger partial charge in [0, 0.05) is 6.42 Å². The maximum Gasteiger partial charge on any atom is 0.291 e. The van der Waals surface area contributed by atoms with Gasteiger partial charge in [0.2, 0.25) is 10.5 Å². The zero-order chi connectivity index (χ0) is 10.6. The Bertz CT molecular complexity index is 137. The first-order valence-electron chi connectivity index (χ1n) is 5.88. The van der Waals surface area contributed by atoms with Gasteiger partial charge in [-0.3, -0.25) is 4.79 Å². The van der Waals surface area contributed by atoms with Crippen molar-refractivity contribution < 1.29 is 9.22 Å². The van der Waals surface area contributed by atoms with Gasteiger partial charge in [0.1, 0.15) is 0 Å². The third kappa shape index (κ3) is 9.77. The SMILES string of the molecule is CCCCCCCCCCC(=O)O[SiH3]. The Morgan fingerprint density at radius 3 is 2.00 bits per heavy atom. The van der Waals surface area contributed by atoms with Crippen LogP contribution in [0.1, 0.15) is 64.7 Å². The summed E-state index contributed by atoms with van der Waals surface area (Å²) in [7, 11) is 0.544. The van der Waals surface area contributed by atoms with E-state index in [-0.39, 0.29) is 5.97 Å². The topological polar surface area (TPSA) is 26.3 Å². The van der Waals surface area contributed by atoms with Crippen molar-refractivity contribution in [2.45, 2.75) is 64.7 Å². The first-order chi connectivity index (χ1) is 6.81. The van der Waals surface area contributed by atoms with Crippen molar-refractivity contribution in [1.29, 1.82) is 0 Å². The molecule has 0 radical (unpaired) electrons. The molecule has 0 atom stereocenters. The third-order valence-electron chi connectivity index (χ3n) is 2.46. The van der Waals surface area contributed by atoms with Crippen LogP contribution >= 0.6 is 0 Å². The Balaban J connectivity index is 2.95. The van der Waals surface area contributed by atoms with Crippen LogP contribution < -0.4 is 0 Å². The summed E-state index contributed by atoms with van der Waals surface area (Å²) >= 11 is 0. The highest BCUT2D eigenvalue weighted by molar-refractivity contribution is 6.05. The second kappa shape index (κ2) is 10.8. The Morgan fingerprint density at radius 2 is 1.50 bits per heavy atom. The van der Waals surface area contributed by atoms with Crippen molar-refractivity contribution >= 4 is 16.5 Å². The summed E-state index contributed by atoms with van der Waals surface area (Å²) in [6.45, 7) is 2.24. The normalized spacial score (nSPS) is 10.4. The molecule has 0 N–H and O–H groups in total. The van der Waals surface area contributed by atoms with E-state index >= 15 is 0 Å². The first-order valence-corrected chi connectivity index (χ1v) is 6.69. The summed E-state index contributed by atoms with van der Waals surface area (Å²) < 4.78 is 4.71. The van der Waals surface area contributed by atoms with Crippen LogP contribution in [0, 0.1) is 0 Å². The zero-order valence-corrected chi connectivity index (χ0v) is 11.7. The van der Waals surface area contributed by atoms with E-state index in [4.69, 9.17) is 4.43 Å². The van der Waals surface area contributed by atoms with Crippen molar-refractivity contribution in [2.24, 2.45) is 0 Å². The van der Waals surface area contributed by atoms with Crippen molar-refractivity contribution in [3.05, 3.63) is 0 Å².